The molecule has 0 aliphatic carbocycles. The highest BCUT2D eigenvalue weighted by Crippen LogP contribution is 2.28. The molecule has 0 radical (unpaired) electrons. The first-order valence-corrected chi connectivity index (χ1v) is 11.6. The first kappa shape index (κ1) is 23.3. The lowest BCUT2D eigenvalue weighted by atomic mass is 10.1. The molecular formula is C25H31N7O2. The standard InChI is InChI=1S/C25H31N7O2/c1-3-4-9-20-31-22-23(21-18(30-24(22)27)8-7-13-28-21)32(20)14-6-5-12-29-25(33)16-10-11-17(26)19(15-16)34-2/h7-8,10-11,13,15H,3-6,9,12,14,26H2,1-2H3,(H2,27,30)(H,29,33). The van der Waals surface area contributed by atoms with Crippen molar-refractivity contribution < 1.29 is 9.53 Å². The lowest BCUT2D eigenvalue weighted by molar-refractivity contribution is 0.0952. The molecule has 0 spiro atoms. The monoisotopic (exact) mass is 461 g/mol. The number of imidazole rings is 1. The number of nitrogens with two attached hydrogens (primary N) is 2. The number of hydrogen-bond donors (Lipinski definition) is 3. The molecule has 1 aromatic carbocycles. The molecule has 1 amide bonds. The van der Waals surface area contributed by atoms with Crippen LogP contribution in [0.4, 0.5) is 11.5 Å². The third kappa shape index (κ3) is 4.73. The minimum Gasteiger partial charge on any atom is -0.495 e. The number of aryl methyl sites for hydroxylation is 2. The molecule has 5 N–H and O–H groups in total. The summed E-state index contributed by atoms with van der Waals surface area (Å²) in [5.41, 5.74) is 16.3. The SMILES string of the molecule is CCCCc1nc2c(N)nc3cccnc3c2n1CCCCNC(=O)c1ccc(N)c(OC)c1. The highest BCUT2D eigenvalue weighted by molar-refractivity contribution is 6.04. The normalized spacial score (nSPS) is 11.2. The molecule has 0 unspecified atom stereocenters. The van der Waals surface area contributed by atoms with Crippen LogP contribution in [0.1, 0.15) is 48.8 Å². The molecule has 0 aliphatic rings. The molecule has 4 aromatic rings. The summed E-state index contributed by atoms with van der Waals surface area (Å²) in [4.78, 5) is 26.4. The van der Waals surface area contributed by atoms with Gasteiger partial charge in [0.15, 0.2) is 5.82 Å². The first-order chi connectivity index (χ1) is 16.5. The Hall–Kier alpha value is -3.88. The van der Waals surface area contributed by atoms with Crippen LogP contribution in [0.15, 0.2) is 36.5 Å². The Morgan fingerprint density at radius 3 is 2.76 bits per heavy atom. The zero-order valence-corrected chi connectivity index (χ0v) is 19.7. The van der Waals surface area contributed by atoms with Gasteiger partial charge in [0.25, 0.3) is 5.91 Å². The van der Waals surface area contributed by atoms with Gasteiger partial charge in [0.05, 0.1) is 18.3 Å². The summed E-state index contributed by atoms with van der Waals surface area (Å²) in [5.74, 6) is 1.78. The van der Waals surface area contributed by atoms with Crippen LogP contribution in [0.3, 0.4) is 0 Å². The van der Waals surface area contributed by atoms with E-state index in [2.05, 4.69) is 26.8 Å². The number of ether oxygens (including phenoxy) is 1. The Kier molecular flexibility index (Phi) is 7.10. The molecule has 3 heterocycles. The summed E-state index contributed by atoms with van der Waals surface area (Å²) < 4.78 is 7.43. The lowest BCUT2D eigenvalue weighted by Crippen LogP contribution is -2.24. The fourth-order valence-electron chi connectivity index (χ4n) is 4.09. The number of amides is 1. The van der Waals surface area contributed by atoms with Crippen molar-refractivity contribution in [3.05, 3.63) is 47.9 Å². The van der Waals surface area contributed by atoms with Crippen molar-refractivity contribution in [2.45, 2.75) is 45.6 Å². The molecule has 3 aromatic heterocycles. The van der Waals surface area contributed by atoms with Crippen molar-refractivity contribution in [1.29, 1.82) is 0 Å². The van der Waals surface area contributed by atoms with Crippen LogP contribution >= 0.6 is 0 Å². The zero-order chi connectivity index (χ0) is 24.1. The van der Waals surface area contributed by atoms with E-state index >= 15 is 0 Å². The molecule has 34 heavy (non-hydrogen) atoms. The van der Waals surface area contributed by atoms with Crippen LogP contribution in [0, 0.1) is 0 Å². The highest BCUT2D eigenvalue weighted by atomic mass is 16.5. The van der Waals surface area contributed by atoms with Gasteiger partial charge in [-0.05, 0) is 49.6 Å². The highest BCUT2D eigenvalue weighted by Gasteiger charge is 2.17. The maximum Gasteiger partial charge on any atom is 0.251 e. The Bertz CT molecular complexity index is 1320. The summed E-state index contributed by atoms with van der Waals surface area (Å²) in [6, 6.07) is 8.80. The summed E-state index contributed by atoms with van der Waals surface area (Å²) >= 11 is 0. The number of carbonyl (C=O) groups excluding carboxylic acids is 1. The van der Waals surface area contributed by atoms with E-state index < -0.39 is 0 Å². The Morgan fingerprint density at radius 1 is 1.12 bits per heavy atom. The third-order valence-electron chi connectivity index (χ3n) is 5.88. The van der Waals surface area contributed by atoms with E-state index in [-0.39, 0.29) is 5.91 Å². The van der Waals surface area contributed by atoms with Crippen LogP contribution in [0.5, 0.6) is 5.75 Å². The van der Waals surface area contributed by atoms with Gasteiger partial charge in [0.1, 0.15) is 28.1 Å². The van der Waals surface area contributed by atoms with Crippen molar-refractivity contribution in [3.8, 4) is 5.75 Å². The molecule has 178 valence electrons. The largest absolute Gasteiger partial charge is 0.495 e. The van der Waals surface area contributed by atoms with E-state index in [0.717, 1.165) is 61.0 Å². The Morgan fingerprint density at radius 2 is 1.97 bits per heavy atom. The number of hydrogen-bond acceptors (Lipinski definition) is 7. The van der Waals surface area contributed by atoms with Crippen LogP contribution in [-0.2, 0) is 13.0 Å². The number of unbranched alkanes of at least 4 members (excludes halogenated alkanes) is 2. The number of methoxy groups -OCH3 is 1. The molecule has 9 heteroatoms. The van der Waals surface area contributed by atoms with Gasteiger partial charge in [-0.1, -0.05) is 13.3 Å². The molecule has 0 aliphatic heterocycles. The topological polar surface area (TPSA) is 134 Å². The van der Waals surface area contributed by atoms with Gasteiger partial charge in [0, 0.05) is 31.3 Å². The Balaban J connectivity index is 1.47. The molecule has 9 nitrogen and oxygen atoms in total. The average molecular weight is 462 g/mol. The van der Waals surface area contributed by atoms with E-state index in [1.807, 2.05) is 12.1 Å². The molecule has 0 fully saturated rings. The second-order valence-electron chi connectivity index (χ2n) is 8.27. The van der Waals surface area contributed by atoms with E-state index in [0.29, 0.717) is 34.9 Å². The van der Waals surface area contributed by atoms with Crippen molar-refractivity contribution in [1.82, 2.24) is 24.8 Å². The summed E-state index contributed by atoms with van der Waals surface area (Å²) in [7, 11) is 1.53. The second-order valence-corrected chi connectivity index (χ2v) is 8.27. The minimum atomic E-state index is -0.149. The van der Waals surface area contributed by atoms with Crippen LogP contribution in [-0.4, -0.2) is 39.1 Å². The molecular weight excluding hydrogens is 430 g/mol. The fourth-order valence-corrected chi connectivity index (χ4v) is 4.09. The van der Waals surface area contributed by atoms with Crippen LogP contribution < -0.4 is 21.5 Å². The van der Waals surface area contributed by atoms with Crippen LogP contribution in [0.2, 0.25) is 0 Å². The molecule has 4 rings (SSSR count). The second kappa shape index (κ2) is 10.4. The van der Waals surface area contributed by atoms with E-state index in [4.69, 9.17) is 21.2 Å². The maximum atomic E-state index is 12.5. The lowest BCUT2D eigenvalue weighted by Gasteiger charge is -2.11. The number of rotatable bonds is 10. The fraction of sp³-hybridized carbons (Fsp3) is 0.360. The smallest absolute Gasteiger partial charge is 0.251 e. The van der Waals surface area contributed by atoms with Gasteiger partial charge < -0.3 is 26.1 Å². The number of nitrogen functional groups attached to an aromatic ring is 2. The predicted octanol–water partition coefficient (Wildman–Crippen LogP) is 3.71. The number of benzene rings is 1. The van der Waals surface area contributed by atoms with Gasteiger partial charge in [-0.2, -0.15) is 0 Å². The van der Waals surface area contributed by atoms with E-state index in [9.17, 15) is 4.79 Å². The van der Waals surface area contributed by atoms with Gasteiger partial charge in [-0.15, -0.1) is 0 Å². The average Bonchev–Trinajstić information content (AvgIpc) is 3.22. The summed E-state index contributed by atoms with van der Waals surface area (Å²) in [6.45, 7) is 3.49. The van der Waals surface area contributed by atoms with Gasteiger partial charge in [-0.25, -0.2) is 9.97 Å². The van der Waals surface area contributed by atoms with Crippen molar-refractivity contribution in [2.75, 3.05) is 25.1 Å². The van der Waals surface area contributed by atoms with E-state index in [1.165, 1.54) is 7.11 Å². The summed E-state index contributed by atoms with van der Waals surface area (Å²) in [6.07, 6.45) is 6.45. The number of anilines is 2. The minimum absolute atomic E-state index is 0.149. The van der Waals surface area contributed by atoms with Crippen molar-refractivity contribution >= 4 is 39.5 Å². The van der Waals surface area contributed by atoms with Crippen molar-refractivity contribution in [2.24, 2.45) is 0 Å². The molecule has 0 atom stereocenters. The molecule has 0 saturated heterocycles. The number of carbonyl (C=O) groups is 1. The zero-order valence-electron chi connectivity index (χ0n) is 19.7. The molecule has 0 bridgehead atoms. The number of nitrogens with zero attached hydrogens (tertiary/aromatic N) is 4. The first-order valence-electron chi connectivity index (χ1n) is 11.6. The third-order valence-corrected chi connectivity index (χ3v) is 5.88. The number of pyridine rings is 2. The maximum absolute atomic E-state index is 12.5. The van der Waals surface area contributed by atoms with Crippen LogP contribution in [0.25, 0.3) is 22.1 Å². The molecule has 0 saturated carbocycles. The predicted molar refractivity (Wildman–Crippen MR) is 135 cm³/mol. The Labute approximate surface area is 198 Å². The van der Waals surface area contributed by atoms with E-state index in [1.54, 1.807) is 24.4 Å². The van der Waals surface area contributed by atoms with Gasteiger partial charge >= 0.3 is 0 Å². The number of aromatic nitrogens is 4. The quantitative estimate of drug-likeness (QED) is 0.242. The number of fused-ring (bicyclic) bond motifs is 3. The van der Waals surface area contributed by atoms with Gasteiger partial charge in [0.2, 0.25) is 0 Å². The number of nitrogens with one attached hydrogen (secondary N) is 1. The van der Waals surface area contributed by atoms with Crippen molar-refractivity contribution in [3.63, 3.8) is 0 Å². The van der Waals surface area contributed by atoms with Gasteiger partial charge in [-0.3, -0.25) is 9.78 Å². The summed E-state index contributed by atoms with van der Waals surface area (Å²) in [5, 5.41) is 2.97.